The van der Waals surface area contributed by atoms with Crippen molar-refractivity contribution in [2.45, 2.75) is 45.3 Å². The number of ether oxygens (including phenoxy) is 2. The molecule has 0 radical (unpaired) electrons. The smallest absolute Gasteiger partial charge is 0.410 e. The van der Waals surface area contributed by atoms with Crippen molar-refractivity contribution in [1.29, 1.82) is 0 Å². The molecule has 1 saturated heterocycles. The number of para-hydroxylation sites is 1. The molecule has 1 aromatic heterocycles. The minimum Gasteiger partial charge on any atom is -0.490 e. The van der Waals surface area contributed by atoms with Crippen molar-refractivity contribution in [3.63, 3.8) is 0 Å². The summed E-state index contributed by atoms with van der Waals surface area (Å²) in [4.78, 5) is 31.4. The molecule has 4 rings (SSSR count). The van der Waals surface area contributed by atoms with Crippen LogP contribution in [0.25, 0.3) is 10.6 Å². The molecule has 7 nitrogen and oxygen atoms in total. The topological polar surface area (TPSA) is 80.8 Å². The van der Waals surface area contributed by atoms with Gasteiger partial charge in [0, 0.05) is 37.2 Å². The number of carbonyl (C=O) groups is 2. The zero-order valence-corrected chi connectivity index (χ0v) is 20.4. The van der Waals surface area contributed by atoms with Gasteiger partial charge in [-0.2, -0.15) is 0 Å². The lowest BCUT2D eigenvalue weighted by Crippen LogP contribution is -2.44. The highest BCUT2D eigenvalue weighted by Gasteiger charge is 2.27. The number of nitrogens with zero attached hydrogens (tertiary/aromatic N) is 2. The number of nitrogens with one attached hydrogen (secondary N) is 1. The van der Waals surface area contributed by atoms with Gasteiger partial charge in [-0.15, -0.1) is 11.3 Å². The fourth-order valence-electron chi connectivity index (χ4n) is 3.58. The Kier molecular flexibility index (Phi) is 7.17. The number of amides is 2. The molecular weight excluding hydrogens is 450 g/mol. The molecule has 3 aromatic rings. The number of hydrogen-bond acceptors (Lipinski definition) is 6. The lowest BCUT2D eigenvalue weighted by atomic mass is 10.1. The second-order valence-electron chi connectivity index (χ2n) is 9.16. The van der Waals surface area contributed by atoms with E-state index in [1.54, 1.807) is 11.1 Å². The predicted molar refractivity (Wildman–Crippen MR) is 133 cm³/mol. The van der Waals surface area contributed by atoms with Gasteiger partial charge in [-0.25, -0.2) is 9.78 Å². The summed E-state index contributed by atoms with van der Waals surface area (Å²) in [6, 6.07) is 17.1. The third kappa shape index (κ3) is 6.35. The molecule has 2 heterocycles. The van der Waals surface area contributed by atoms with E-state index in [2.05, 4.69) is 10.3 Å². The Morgan fingerprint density at radius 3 is 2.35 bits per heavy atom. The van der Waals surface area contributed by atoms with Crippen LogP contribution in [0, 0.1) is 0 Å². The average Bonchev–Trinajstić information content (AvgIpc) is 3.30. The molecule has 1 N–H and O–H groups in total. The van der Waals surface area contributed by atoms with Crippen molar-refractivity contribution in [3.05, 3.63) is 65.7 Å². The Hall–Kier alpha value is -3.39. The Labute approximate surface area is 203 Å². The normalized spacial score (nSPS) is 14.5. The molecule has 1 fully saturated rings. The first kappa shape index (κ1) is 23.8. The summed E-state index contributed by atoms with van der Waals surface area (Å²) in [6.45, 7) is 6.85. The molecular formula is C26H29N3O4S. The first-order valence-electron chi connectivity index (χ1n) is 11.3. The maximum atomic E-state index is 12.5. The van der Waals surface area contributed by atoms with Gasteiger partial charge in [0.25, 0.3) is 5.91 Å². The van der Waals surface area contributed by atoms with E-state index in [9.17, 15) is 9.59 Å². The molecule has 0 atom stereocenters. The van der Waals surface area contributed by atoms with Crippen molar-refractivity contribution in [2.75, 3.05) is 18.4 Å². The largest absolute Gasteiger partial charge is 0.490 e. The lowest BCUT2D eigenvalue weighted by molar-refractivity contribution is 0.0126. The quantitative estimate of drug-likeness (QED) is 0.497. The van der Waals surface area contributed by atoms with E-state index < -0.39 is 5.60 Å². The summed E-state index contributed by atoms with van der Waals surface area (Å²) in [5.41, 5.74) is 1.19. The summed E-state index contributed by atoms with van der Waals surface area (Å²) in [5, 5.41) is 3.65. The van der Waals surface area contributed by atoms with Crippen LogP contribution in [-0.2, 0) is 4.74 Å². The number of rotatable bonds is 5. The van der Waals surface area contributed by atoms with Crippen LogP contribution in [0.2, 0.25) is 0 Å². The maximum absolute atomic E-state index is 12.5. The molecule has 0 aliphatic carbocycles. The SMILES string of the molecule is CC(C)(C)OC(=O)N1CCC(Oc2ccc(-c3ncc(C(=O)Nc4ccccc4)s3)cc2)CC1. The van der Waals surface area contributed by atoms with Crippen LogP contribution in [0.5, 0.6) is 5.75 Å². The van der Waals surface area contributed by atoms with E-state index in [1.807, 2.05) is 75.4 Å². The predicted octanol–water partition coefficient (Wildman–Crippen LogP) is 5.84. The van der Waals surface area contributed by atoms with E-state index in [4.69, 9.17) is 9.47 Å². The second-order valence-corrected chi connectivity index (χ2v) is 10.2. The molecule has 178 valence electrons. The van der Waals surface area contributed by atoms with Crippen LogP contribution in [-0.4, -0.2) is 46.7 Å². The van der Waals surface area contributed by atoms with Gasteiger partial charge in [0.15, 0.2) is 0 Å². The molecule has 0 saturated carbocycles. The standard InChI is InChI=1S/C26H29N3O4S/c1-26(2,3)33-25(31)29-15-13-21(14-16-29)32-20-11-9-18(10-12-20)24-27-17-22(34-24)23(30)28-19-7-5-4-6-8-19/h4-12,17,21H,13-16H2,1-3H3,(H,28,30). The summed E-state index contributed by atoms with van der Waals surface area (Å²) in [6.07, 6.45) is 2.90. The number of hydrogen-bond donors (Lipinski definition) is 1. The number of likely N-dealkylation sites (tertiary alicyclic amines) is 1. The van der Waals surface area contributed by atoms with Crippen LogP contribution in [0.4, 0.5) is 10.5 Å². The molecule has 0 unspecified atom stereocenters. The van der Waals surface area contributed by atoms with Gasteiger partial charge < -0.3 is 19.7 Å². The number of piperidine rings is 1. The highest BCUT2D eigenvalue weighted by molar-refractivity contribution is 7.17. The minimum absolute atomic E-state index is 0.0534. The Bertz CT molecular complexity index is 1110. The van der Waals surface area contributed by atoms with Gasteiger partial charge in [0.05, 0.1) is 6.20 Å². The Morgan fingerprint density at radius 2 is 1.71 bits per heavy atom. The first-order chi connectivity index (χ1) is 16.3. The summed E-state index contributed by atoms with van der Waals surface area (Å²) >= 11 is 1.35. The maximum Gasteiger partial charge on any atom is 0.410 e. The highest BCUT2D eigenvalue weighted by Crippen LogP contribution is 2.28. The van der Waals surface area contributed by atoms with E-state index in [0.29, 0.717) is 18.0 Å². The highest BCUT2D eigenvalue weighted by atomic mass is 32.1. The Balaban J connectivity index is 1.29. The van der Waals surface area contributed by atoms with Gasteiger partial charge in [-0.05, 0) is 57.2 Å². The van der Waals surface area contributed by atoms with E-state index in [0.717, 1.165) is 34.8 Å². The van der Waals surface area contributed by atoms with Crippen LogP contribution < -0.4 is 10.1 Å². The molecule has 0 bridgehead atoms. The van der Waals surface area contributed by atoms with Gasteiger partial charge in [-0.3, -0.25) is 4.79 Å². The van der Waals surface area contributed by atoms with Crippen LogP contribution in [0.1, 0.15) is 43.3 Å². The first-order valence-corrected chi connectivity index (χ1v) is 12.2. The number of aromatic nitrogens is 1. The zero-order valence-electron chi connectivity index (χ0n) is 19.6. The van der Waals surface area contributed by atoms with E-state index in [1.165, 1.54) is 11.3 Å². The van der Waals surface area contributed by atoms with Crippen molar-refractivity contribution in [2.24, 2.45) is 0 Å². The van der Waals surface area contributed by atoms with E-state index in [-0.39, 0.29) is 18.1 Å². The van der Waals surface area contributed by atoms with Crippen molar-refractivity contribution < 1.29 is 19.1 Å². The molecule has 8 heteroatoms. The van der Waals surface area contributed by atoms with Crippen LogP contribution >= 0.6 is 11.3 Å². The summed E-state index contributed by atoms with van der Waals surface area (Å²) in [5.74, 6) is 0.602. The molecule has 2 aromatic carbocycles. The van der Waals surface area contributed by atoms with Crippen molar-refractivity contribution in [1.82, 2.24) is 9.88 Å². The lowest BCUT2D eigenvalue weighted by Gasteiger charge is -2.33. The minimum atomic E-state index is -0.490. The van der Waals surface area contributed by atoms with E-state index >= 15 is 0 Å². The molecule has 34 heavy (non-hydrogen) atoms. The Morgan fingerprint density at radius 1 is 1.03 bits per heavy atom. The second kappa shape index (κ2) is 10.3. The average molecular weight is 480 g/mol. The van der Waals surface area contributed by atoms with Crippen molar-refractivity contribution in [3.8, 4) is 16.3 Å². The van der Waals surface area contributed by atoms with Gasteiger partial charge in [-0.1, -0.05) is 18.2 Å². The van der Waals surface area contributed by atoms with Crippen LogP contribution in [0.3, 0.4) is 0 Å². The fraction of sp³-hybridized carbons (Fsp3) is 0.346. The zero-order chi connectivity index (χ0) is 24.1. The monoisotopic (exact) mass is 479 g/mol. The summed E-state index contributed by atoms with van der Waals surface area (Å²) in [7, 11) is 0. The molecule has 0 spiro atoms. The van der Waals surface area contributed by atoms with Gasteiger partial charge >= 0.3 is 6.09 Å². The molecule has 1 aliphatic heterocycles. The number of benzene rings is 2. The molecule has 1 aliphatic rings. The number of thiazole rings is 1. The van der Waals surface area contributed by atoms with Gasteiger partial charge in [0.2, 0.25) is 0 Å². The third-order valence-corrected chi connectivity index (χ3v) is 6.30. The number of anilines is 1. The number of carbonyl (C=O) groups excluding carboxylic acids is 2. The fourth-order valence-corrected chi connectivity index (χ4v) is 4.39. The van der Waals surface area contributed by atoms with Gasteiger partial charge in [0.1, 0.15) is 27.3 Å². The van der Waals surface area contributed by atoms with Crippen LogP contribution in [0.15, 0.2) is 60.8 Å². The molecule has 2 amide bonds. The van der Waals surface area contributed by atoms with Crippen molar-refractivity contribution >= 4 is 29.0 Å². The third-order valence-electron chi connectivity index (χ3n) is 5.26. The summed E-state index contributed by atoms with van der Waals surface area (Å²) < 4.78 is 11.6.